The minimum Gasteiger partial charge on any atom is -0.434 e. The van der Waals surface area contributed by atoms with Crippen LogP contribution in [0.25, 0.3) is 11.1 Å². The maximum absolute atomic E-state index is 14.6. The molecule has 13 heteroatoms. The smallest absolute Gasteiger partial charge is 0.415 e. The van der Waals surface area contributed by atoms with Crippen molar-refractivity contribution in [1.82, 2.24) is 9.88 Å². The Morgan fingerprint density at radius 3 is 2.75 bits per heavy atom. The highest BCUT2D eigenvalue weighted by molar-refractivity contribution is 5.96. The van der Waals surface area contributed by atoms with Gasteiger partial charge in [0.05, 0.1) is 12.2 Å². The van der Waals surface area contributed by atoms with Crippen LogP contribution < -0.4 is 15.9 Å². The van der Waals surface area contributed by atoms with Crippen molar-refractivity contribution in [3.63, 3.8) is 0 Å². The number of ether oxygens (including phenoxy) is 1. The van der Waals surface area contributed by atoms with Crippen LogP contribution in [0.5, 0.6) is 0 Å². The van der Waals surface area contributed by atoms with Crippen LogP contribution in [0, 0.1) is 5.82 Å². The van der Waals surface area contributed by atoms with Crippen LogP contribution in [0.2, 0.25) is 0 Å². The molecule has 1 fully saturated rings. The van der Waals surface area contributed by atoms with E-state index in [4.69, 9.17) is 9.15 Å². The summed E-state index contributed by atoms with van der Waals surface area (Å²) in [7, 11) is 2.44. The first-order valence-electron chi connectivity index (χ1n) is 7.81. The largest absolute Gasteiger partial charge is 0.434 e. The van der Waals surface area contributed by atoms with Crippen molar-refractivity contribution in [3.05, 3.63) is 23.6 Å². The van der Waals surface area contributed by atoms with Gasteiger partial charge in [-0.05, 0) is 5.16 Å². The third-order valence-corrected chi connectivity index (χ3v) is 3.88. The van der Waals surface area contributed by atoms with E-state index in [1.165, 1.54) is 7.05 Å². The van der Waals surface area contributed by atoms with Gasteiger partial charge in [0.1, 0.15) is 19.2 Å². The second-order valence-corrected chi connectivity index (χ2v) is 5.73. The second kappa shape index (κ2) is 7.05. The standard InChI is InChI=1S/C15H14F4N4O5/c1-20-12(24)10-5-22(14(25)28-10)7-3-8(16)11-9(4-7)27-13(21-26-2)23(11)6-15(17,18)19/h3-4,10H,5-6H2,1-2H3,(H,20,24)/b21-13-/t10-/m1/s1. The van der Waals surface area contributed by atoms with Gasteiger partial charge in [0, 0.05) is 19.2 Å². The molecule has 1 atom stereocenters. The fourth-order valence-corrected chi connectivity index (χ4v) is 2.75. The normalized spacial score (nSPS) is 17.9. The van der Waals surface area contributed by atoms with E-state index in [0.717, 1.165) is 24.1 Å². The Hall–Kier alpha value is -3.25. The minimum absolute atomic E-state index is 0.0571. The van der Waals surface area contributed by atoms with Crippen LogP contribution in [0.15, 0.2) is 21.7 Å². The molecular formula is C15H14F4N4O5. The highest BCUT2D eigenvalue weighted by Gasteiger charge is 2.37. The molecule has 28 heavy (non-hydrogen) atoms. The van der Waals surface area contributed by atoms with E-state index in [1.54, 1.807) is 0 Å². The topological polar surface area (TPSA) is 98.3 Å². The summed E-state index contributed by atoms with van der Waals surface area (Å²) in [6.45, 7) is -1.77. The third-order valence-electron chi connectivity index (χ3n) is 3.88. The van der Waals surface area contributed by atoms with Crippen LogP contribution in [0.3, 0.4) is 0 Å². The molecule has 2 heterocycles. The number of fused-ring (bicyclic) bond motifs is 1. The molecule has 2 amide bonds. The third kappa shape index (κ3) is 3.59. The van der Waals surface area contributed by atoms with Crippen LogP contribution in [0.4, 0.5) is 28.0 Å². The van der Waals surface area contributed by atoms with Crippen molar-refractivity contribution in [1.29, 1.82) is 0 Å². The first-order chi connectivity index (χ1) is 13.1. The molecule has 9 nitrogen and oxygen atoms in total. The van der Waals surface area contributed by atoms with Gasteiger partial charge >= 0.3 is 18.0 Å². The SMILES string of the molecule is CNC(=O)[C@H]1CN(c2cc(F)c3c(c2)o/c(=N\OC)n3CC(F)(F)F)C(=O)O1. The molecule has 3 rings (SSSR count). The summed E-state index contributed by atoms with van der Waals surface area (Å²) >= 11 is 0. The van der Waals surface area contributed by atoms with Gasteiger partial charge in [-0.3, -0.25) is 14.3 Å². The quantitative estimate of drug-likeness (QED) is 0.613. The Morgan fingerprint density at radius 1 is 1.43 bits per heavy atom. The Morgan fingerprint density at radius 2 is 2.14 bits per heavy atom. The van der Waals surface area contributed by atoms with Gasteiger partial charge in [0.25, 0.3) is 5.91 Å². The van der Waals surface area contributed by atoms with Gasteiger partial charge in [-0.25, -0.2) is 9.18 Å². The number of amides is 2. The van der Waals surface area contributed by atoms with Crippen LogP contribution in [0.1, 0.15) is 0 Å². The molecule has 1 aliphatic heterocycles. The lowest BCUT2D eigenvalue weighted by Crippen LogP contribution is -2.35. The van der Waals surface area contributed by atoms with E-state index in [2.05, 4.69) is 15.3 Å². The predicted octanol–water partition coefficient (Wildman–Crippen LogP) is 1.47. The van der Waals surface area contributed by atoms with Crippen molar-refractivity contribution in [2.75, 3.05) is 25.6 Å². The molecule has 0 saturated carbocycles. The zero-order valence-electron chi connectivity index (χ0n) is 14.5. The number of cyclic esters (lactones) is 1. The van der Waals surface area contributed by atoms with Gasteiger partial charge in [-0.1, -0.05) is 0 Å². The number of carbonyl (C=O) groups excluding carboxylic acids is 2. The van der Waals surface area contributed by atoms with Crippen molar-refractivity contribution in [2.45, 2.75) is 18.8 Å². The number of rotatable bonds is 4. The molecule has 2 aromatic rings. The average molecular weight is 406 g/mol. The molecule has 1 aromatic heterocycles. The second-order valence-electron chi connectivity index (χ2n) is 5.73. The number of alkyl halides is 3. The molecule has 1 N–H and O–H groups in total. The van der Waals surface area contributed by atoms with E-state index < -0.39 is 47.8 Å². The van der Waals surface area contributed by atoms with Crippen LogP contribution in [-0.4, -0.2) is 49.6 Å². The van der Waals surface area contributed by atoms with Gasteiger partial charge < -0.3 is 19.3 Å². The maximum atomic E-state index is 14.6. The molecule has 0 unspecified atom stereocenters. The fourth-order valence-electron chi connectivity index (χ4n) is 2.75. The number of anilines is 1. The minimum atomic E-state index is -4.68. The van der Waals surface area contributed by atoms with Crippen molar-refractivity contribution < 1.29 is 41.1 Å². The Balaban J connectivity index is 2.08. The van der Waals surface area contributed by atoms with Gasteiger partial charge in [-0.2, -0.15) is 13.2 Å². The zero-order valence-corrected chi connectivity index (χ0v) is 14.5. The van der Waals surface area contributed by atoms with Crippen LogP contribution >= 0.6 is 0 Å². The predicted molar refractivity (Wildman–Crippen MR) is 84.5 cm³/mol. The summed E-state index contributed by atoms with van der Waals surface area (Å²) in [5.41, 5.74) is -1.48. The molecule has 0 aliphatic carbocycles. The lowest BCUT2D eigenvalue weighted by molar-refractivity contribution is -0.141. The van der Waals surface area contributed by atoms with E-state index in [0.29, 0.717) is 4.57 Å². The molecule has 0 radical (unpaired) electrons. The Labute approximate surface area is 154 Å². The molecule has 0 spiro atoms. The number of hydrogen-bond donors (Lipinski definition) is 1. The summed E-state index contributed by atoms with van der Waals surface area (Å²) in [4.78, 5) is 29.0. The van der Waals surface area contributed by atoms with Gasteiger partial charge in [0.15, 0.2) is 17.5 Å². The van der Waals surface area contributed by atoms with Crippen LogP contribution in [-0.2, 0) is 20.9 Å². The maximum Gasteiger partial charge on any atom is 0.415 e. The summed E-state index contributed by atoms with van der Waals surface area (Å²) in [6, 6.07) is 1.99. The number of carbonyl (C=O) groups is 2. The molecule has 1 aliphatic rings. The van der Waals surface area contributed by atoms with Crippen molar-refractivity contribution in [2.24, 2.45) is 5.16 Å². The number of nitrogens with one attached hydrogen (secondary N) is 1. The van der Waals surface area contributed by atoms with E-state index in [1.807, 2.05) is 0 Å². The monoisotopic (exact) mass is 406 g/mol. The van der Waals surface area contributed by atoms with Crippen molar-refractivity contribution >= 4 is 28.8 Å². The summed E-state index contributed by atoms with van der Waals surface area (Å²) < 4.78 is 63.7. The number of hydrogen-bond acceptors (Lipinski definition) is 6. The van der Waals surface area contributed by atoms with E-state index in [9.17, 15) is 27.2 Å². The molecule has 152 valence electrons. The highest BCUT2D eigenvalue weighted by atomic mass is 19.4. The first kappa shape index (κ1) is 19.5. The average Bonchev–Trinajstić information content (AvgIpc) is 3.14. The lowest BCUT2D eigenvalue weighted by atomic mass is 10.2. The lowest BCUT2D eigenvalue weighted by Gasteiger charge is -2.13. The number of likely N-dealkylation sites (N-methyl/N-ethyl adjacent to an activating group) is 1. The highest BCUT2D eigenvalue weighted by Crippen LogP contribution is 2.29. The van der Waals surface area contributed by atoms with E-state index >= 15 is 0 Å². The molecule has 1 saturated heterocycles. The first-order valence-corrected chi connectivity index (χ1v) is 7.81. The fraction of sp³-hybridized carbons (Fsp3) is 0.400. The zero-order chi connectivity index (χ0) is 20.6. The number of aromatic nitrogens is 1. The number of oxazole rings is 1. The summed E-state index contributed by atoms with van der Waals surface area (Å²) in [5, 5.41) is 5.64. The molecule has 0 bridgehead atoms. The number of halogens is 4. The molecule has 1 aromatic carbocycles. The Kier molecular flexibility index (Phi) is 4.91. The Bertz CT molecular complexity index is 997. The summed E-state index contributed by atoms with van der Waals surface area (Å²) in [6.07, 6.45) is -6.70. The number of benzene rings is 1. The van der Waals surface area contributed by atoms with Gasteiger partial charge in [-0.15, -0.1) is 0 Å². The molecular weight excluding hydrogens is 392 g/mol. The number of nitrogens with zero attached hydrogens (tertiary/aromatic N) is 3. The van der Waals surface area contributed by atoms with Crippen molar-refractivity contribution in [3.8, 4) is 0 Å². The van der Waals surface area contributed by atoms with E-state index in [-0.39, 0.29) is 17.8 Å². The summed E-state index contributed by atoms with van der Waals surface area (Å²) in [5.74, 6) is -1.64. The van der Waals surface area contributed by atoms with Gasteiger partial charge in [0.2, 0.25) is 0 Å².